The number of benzene rings is 1. The average Bonchev–Trinajstić information content (AvgIpc) is 2.30. The molecule has 0 saturated heterocycles. The van der Waals surface area contributed by atoms with Crippen LogP contribution in [0.1, 0.15) is 31.2 Å². The molecule has 1 aromatic rings. The third-order valence-corrected chi connectivity index (χ3v) is 3.57. The molecule has 0 aromatic heterocycles. The van der Waals surface area contributed by atoms with Crippen molar-refractivity contribution in [3.8, 4) is 0 Å². The summed E-state index contributed by atoms with van der Waals surface area (Å²) < 4.78 is 1.08. The van der Waals surface area contributed by atoms with Crippen LogP contribution >= 0.6 is 15.9 Å². The fraction of sp³-hybridized carbons (Fsp3) is 0.429. The highest BCUT2D eigenvalue weighted by Crippen LogP contribution is 2.23. The Morgan fingerprint density at radius 2 is 2.19 bits per heavy atom. The van der Waals surface area contributed by atoms with Crippen LogP contribution in [0.25, 0.3) is 0 Å². The first kappa shape index (κ1) is 11.9. The van der Waals surface area contributed by atoms with E-state index in [1.54, 1.807) is 0 Å². The first-order valence-corrected chi connectivity index (χ1v) is 6.66. The molecule has 1 nitrogen and oxygen atoms in total. The highest BCUT2D eigenvalue weighted by atomic mass is 79.9. The zero-order valence-corrected chi connectivity index (χ0v) is 10.9. The Kier molecular flexibility index (Phi) is 4.19. The van der Waals surface area contributed by atoms with E-state index >= 15 is 0 Å². The van der Waals surface area contributed by atoms with Gasteiger partial charge in [-0.2, -0.15) is 0 Å². The number of halogens is 1. The Hall–Kier alpha value is -0.600. The third kappa shape index (κ3) is 3.19. The van der Waals surface area contributed by atoms with Gasteiger partial charge < -0.3 is 5.11 Å². The lowest BCUT2D eigenvalue weighted by Gasteiger charge is -2.18. The van der Waals surface area contributed by atoms with Gasteiger partial charge in [0.2, 0.25) is 0 Å². The van der Waals surface area contributed by atoms with Crippen molar-refractivity contribution in [2.75, 3.05) is 0 Å². The molecule has 1 atom stereocenters. The van der Waals surface area contributed by atoms with E-state index in [1.165, 1.54) is 24.0 Å². The fourth-order valence-corrected chi connectivity index (χ4v) is 2.63. The highest BCUT2D eigenvalue weighted by Gasteiger charge is 2.13. The predicted molar refractivity (Wildman–Crippen MR) is 70.4 cm³/mol. The second kappa shape index (κ2) is 5.65. The maximum Gasteiger partial charge on any atom is 0.0790 e. The lowest BCUT2D eigenvalue weighted by atomic mass is 9.92. The SMILES string of the molecule is OC(Cc1cccc(Br)c1)C1=CCCCC1. The largest absolute Gasteiger partial charge is 0.388 e. The summed E-state index contributed by atoms with van der Waals surface area (Å²) in [7, 11) is 0. The minimum atomic E-state index is -0.297. The molecule has 0 amide bonds. The van der Waals surface area contributed by atoms with Crippen molar-refractivity contribution in [1.29, 1.82) is 0 Å². The number of aliphatic hydroxyl groups is 1. The number of rotatable bonds is 3. The van der Waals surface area contributed by atoms with Gasteiger partial charge in [-0.3, -0.25) is 0 Å². The van der Waals surface area contributed by atoms with Crippen molar-refractivity contribution < 1.29 is 5.11 Å². The summed E-state index contributed by atoms with van der Waals surface area (Å²) in [5, 5.41) is 10.1. The quantitative estimate of drug-likeness (QED) is 0.834. The monoisotopic (exact) mass is 280 g/mol. The minimum absolute atomic E-state index is 0.297. The molecule has 1 N–H and O–H groups in total. The summed E-state index contributed by atoms with van der Waals surface area (Å²) in [6.45, 7) is 0. The Balaban J connectivity index is 2.01. The Morgan fingerprint density at radius 1 is 1.31 bits per heavy atom. The summed E-state index contributed by atoms with van der Waals surface area (Å²) in [6, 6.07) is 8.17. The highest BCUT2D eigenvalue weighted by molar-refractivity contribution is 9.10. The molecular formula is C14H17BrO. The molecule has 0 bridgehead atoms. The molecule has 0 radical (unpaired) electrons. The van der Waals surface area contributed by atoms with E-state index in [1.807, 2.05) is 12.1 Å². The van der Waals surface area contributed by atoms with E-state index in [0.717, 1.165) is 23.7 Å². The van der Waals surface area contributed by atoms with E-state index in [9.17, 15) is 5.11 Å². The van der Waals surface area contributed by atoms with Crippen molar-refractivity contribution >= 4 is 15.9 Å². The van der Waals surface area contributed by atoms with E-state index in [4.69, 9.17) is 0 Å². The van der Waals surface area contributed by atoms with Gasteiger partial charge in [0.25, 0.3) is 0 Å². The van der Waals surface area contributed by atoms with Gasteiger partial charge in [-0.25, -0.2) is 0 Å². The third-order valence-electron chi connectivity index (χ3n) is 3.07. The van der Waals surface area contributed by atoms with Crippen LogP contribution in [0.4, 0.5) is 0 Å². The van der Waals surface area contributed by atoms with Crippen molar-refractivity contribution in [2.45, 2.75) is 38.2 Å². The first-order chi connectivity index (χ1) is 7.75. The van der Waals surface area contributed by atoms with Gasteiger partial charge in [0.15, 0.2) is 0 Å². The normalized spacial score (nSPS) is 18.0. The Morgan fingerprint density at radius 3 is 2.88 bits per heavy atom. The molecule has 0 fully saturated rings. The molecule has 0 spiro atoms. The van der Waals surface area contributed by atoms with E-state index in [2.05, 4.69) is 34.1 Å². The maximum atomic E-state index is 10.1. The molecule has 86 valence electrons. The summed E-state index contributed by atoms with van der Waals surface area (Å²) >= 11 is 3.45. The molecule has 0 heterocycles. The Labute approximate surface area is 105 Å². The standard InChI is InChI=1S/C14H17BrO/c15-13-8-4-5-11(9-13)10-14(16)12-6-2-1-3-7-12/h4-6,8-9,14,16H,1-3,7,10H2. The molecule has 2 rings (SSSR count). The number of aliphatic hydroxyl groups excluding tert-OH is 1. The molecule has 1 aromatic carbocycles. The van der Waals surface area contributed by atoms with Crippen LogP contribution in [0.3, 0.4) is 0 Å². The van der Waals surface area contributed by atoms with Crippen molar-refractivity contribution in [3.05, 3.63) is 46.0 Å². The molecule has 0 aliphatic heterocycles. The zero-order chi connectivity index (χ0) is 11.4. The maximum absolute atomic E-state index is 10.1. The van der Waals surface area contributed by atoms with Gasteiger partial charge in [-0.05, 0) is 49.0 Å². The summed E-state index contributed by atoms with van der Waals surface area (Å²) in [4.78, 5) is 0. The van der Waals surface area contributed by atoms with Gasteiger partial charge in [-0.1, -0.05) is 34.1 Å². The van der Waals surface area contributed by atoms with Crippen molar-refractivity contribution in [3.63, 3.8) is 0 Å². The topological polar surface area (TPSA) is 20.2 Å². The van der Waals surface area contributed by atoms with Crippen LogP contribution in [0, 0.1) is 0 Å². The summed E-state index contributed by atoms with van der Waals surface area (Å²) in [5.41, 5.74) is 2.42. The van der Waals surface area contributed by atoms with Crippen LogP contribution in [0.5, 0.6) is 0 Å². The molecule has 1 aliphatic carbocycles. The van der Waals surface area contributed by atoms with Crippen LogP contribution in [0.15, 0.2) is 40.4 Å². The Bertz CT molecular complexity index is 384. The van der Waals surface area contributed by atoms with Crippen LogP contribution < -0.4 is 0 Å². The van der Waals surface area contributed by atoms with Gasteiger partial charge in [0.05, 0.1) is 6.10 Å². The molecule has 16 heavy (non-hydrogen) atoms. The van der Waals surface area contributed by atoms with E-state index in [-0.39, 0.29) is 6.10 Å². The number of allylic oxidation sites excluding steroid dienone is 1. The molecule has 1 unspecified atom stereocenters. The average molecular weight is 281 g/mol. The van der Waals surface area contributed by atoms with Gasteiger partial charge in [-0.15, -0.1) is 0 Å². The zero-order valence-electron chi connectivity index (χ0n) is 9.32. The molecular weight excluding hydrogens is 264 g/mol. The van der Waals surface area contributed by atoms with Gasteiger partial charge in [0.1, 0.15) is 0 Å². The van der Waals surface area contributed by atoms with Gasteiger partial charge in [0, 0.05) is 10.9 Å². The van der Waals surface area contributed by atoms with Crippen molar-refractivity contribution in [2.24, 2.45) is 0 Å². The van der Waals surface area contributed by atoms with Gasteiger partial charge >= 0.3 is 0 Å². The lowest BCUT2D eigenvalue weighted by molar-refractivity contribution is 0.204. The second-order valence-corrected chi connectivity index (χ2v) is 5.29. The molecule has 1 aliphatic rings. The second-order valence-electron chi connectivity index (χ2n) is 4.37. The first-order valence-electron chi connectivity index (χ1n) is 5.87. The molecule has 0 saturated carbocycles. The van der Waals surface area contributed by atoms with E-state index < -0.39 is 0 Å². The minimum Gasteiger partial charge on any atom is -0.388 e. The number of hydrogen-bond acceptors (Lipinski definition) is 1. The predicted octanol–water partition coefficient (Wildman–Crippen LogP) is 3.85. The summed E-state index contributed by atoms with van der Waals surface area (Å²) in [6.07, 6.45) is 7.33. The van der Waals surface area contributed by atoms with Crippen LogP contribution in [-0.4, -0.2) is 11.2 Å². The fourth-order valence-electron chi connectivity index (χ4n) is 2.18. The lowest BCUT2D eigenvalue weighted by Crippen LogP contribution is -2.15. The van der Waals surface area contributed by atoms with Crippen LogP contribution in [-0.2, 0) is 6.42 Å². The number of hydrogen-bond donors (Lipinski definition) is 1. The summed E-state index contributed by atoms with van der Waals surface area (Å²) in [5.74, 6) is 0. The smallest absolute Gasteiger partial charge is 0.0790 e. The van der Waals surface area contributed by atoms with E-state index in [0.29, 0.717) is 0 Å². The van der Waals surface area contributed by atoms with Crippen molar-refractivity contribution in [1.82, 2.24) is 0 Å². The molecule has 2 heteroatoms. The van der Waals surface area contributed by atoms with Crippen LogP contribution in [0.2, 0.25) is 0 Å².